The molecule has 0 atom stereocenters. The molecule has 0 bridgehead atoms. The summed E-state index contributed by atoms with van der Waals surface area (Å²) in [6.07, 6.45) is 3.05. The molecule has 0 aromatic carbocycles. The Labute approximate surface area is 115 Å². The molecule has 0 fully saturated rings. The lowest BCUT2D eigenvalue weighted by atomic mass is 10.1. The molecular weight excluding hydrogens is 256 g/mol. The van der Waals surface area contributed by atoms with Gasteiger partial charge in [0.1, 0.15) is 11.9 Å². The molecule has 2 heterocycles. The topological polar surface area (TPSA) is 98.9 Å². The minimum atomic E-state index is -1.000. The first-order valence-corrected chi connectivity index (χ1v) is 5.89. The number of hydrogen-bond acceptors (Lipinski definition) is 5. The van der Waals surface area contributed by atoms with E-state index in [0.717, 1.165) is 5.56 Å². The Morgan fingerprint density at radius 2 is 2.15 bits per heavy atom. The van der Waals surface area contributed by atoms with Gasteiger partial charge < -0.3 is 10.4 Å². The number of carbonyl (C=O) groups is 1. The van der Waals surface area contributed by atoms with Crippen LogP contribution in [-0.2, 0) is 6.54 Å². The maximum absolute atomic E-state index is 10.9. The van der Waals surface area contributed by atoms with Gasteiger partial charge in [0.2, 0.25) is 0 Å². The number of hydrogen-bond donors (Lipinski definition) is 2. The van der Waals surface area contributed by atoms with Crippen LogP contribution in [0.15, 0.2) is 30.6 Å². The lowest BCUT2D eigenvalue weighted by Gasteiger charge is -2.08. The summed E-state index contributed by atoms with van der Waals surface area (Å²) in [5.74, 6) is -0.532. The molecule has 0 spiro atoms. The van der Waals surface area contributed by atoms with Gasteiger partial charge in [-0.2, -0.15) is 5.26 Å². The van der Waals surface area contributed by atoms with Gasteiger partial charge in [-0.05, 0) is 30.7 Å². The maximum atomic E-state index is 10.9. The quantitative estimate of drug-likeness (QED) is 0.879. The first-order chi connectivity index (χ1) is 9.61. The van der Waals surface area contributed by atoms with Gasteiger partial charge in [0.15, 0.2) is 0 Å². The van der Waals surface area contributed by atoms with Crippen molar-refractivity contribution in [2.24, 2.45) is 0 Å². The van der Waals surface area contributed by atoms with Crippen molar-refractivity contribution >= 4 is 11.8 Å². The van der Waals surface area contributed by atoms with Gasteiger partial charge >= 0.3 is 5.97 Å². The molecule has 0 radical (unpaired) electrons. The van der Waals surface area contributed by atoms with Gasteiger partial charge in [0, 0.05) is 12.4 Å². The van der Waals surface area contributed by atoms with Crippen molar-refractivity contribution in [3.05, 3.63) is 53.0 Å². The average molecular weight is 268 g/mol. The number of nitriles is 1. The van der Waals surface area contributed by atoms with Crippen molar-refractivity contribution < 1.29 is 9.90 Å². The Bertz CT molecular complexity index is 692. The van der Waals surface area contributed by atoms with Crippen LogP contribution in [0.1, 0.15) is 27.2 Å². The Hall–Kier alpha value is -2.94. The zero-order valence-electron chi connectivity index (χ0n) is 10.8. The Morgan fingerprint density at radius 3 is 2.85 bits per heavy atom. The summed E-state index contributed by atoms with van der Waals surface area (Å²) in [7, 11) is 0. The number of carboxylic acid groups (broad SMARTS) is 1. The fourth-order valence-electron chi connectivity index (χ4n) is 1.72. The van der Waals surface area contributed by atoms with Crippen LogP contribution in [0.4, 0.5) is 5.82 Å². The van der Waals surface area contributed by atoms with Gasteiger partial charge in [-0.3, -0.25) is 4.98 Å². The highest BCUT2D eigenvalue weighted by Crippen LogP contribution is 2.15. The Balaban J connectivity index is 2.17. The van der Waals surface area contributed by atoms with Crippen molar-refractivity contribution in [2.75, 3.05) is 5.32 Å². The van der Waals surface area contributed by atoms with Crippen LogP contribution in [0, 0.1) is 18.3 Å². The molecule has 6 nitrogen and oxygen atoms in total. The zero-order valence-corrected chi connectivity index (χ0v) is 10.8. The molecule has 0 amide bonds. The van der Waals surface area contributed by atoms with E-state index >= 15 is 0 Å². The molecule has 2 N–H and O–H groups in total. The number of carboxylic acids is 1. The molecule has 0 aliphatic carbocycles. The number of nitrogens with one attached hydrogen (secondary N) is 1. The molecule has 0 saturated heterocycles. The highest BCUT2D eigenvalue weighted by atomic mass is 16.4. The number of rotatable bonds is 4. The van der Waals surface area contributed by atoms with Crippen molar-refractivity contribution in [3.8, 4) is 6.07 Å². The lowest BCUT2D eigenvalue weighted by molar-refractivity contribution is 0.0696. The van der Waals surface area contributed by atoms with Gasteiger partial charge in [-0.1, -0.05) is 0 Å². The summed E-state index contributed by atoms with van der Waals surface area (Å²) < 4.78 is 0. The molecule has 0 aliphatic rings. The van der Waals surface area contributed by atoms with Gasteiger partial charge in [0.05, 0.1) is 23.4 Å². The molecule has 2 aromatic heterocycles. The van der Waals surface area contributed by atoms with Gasteiger partial charge in [-0.15, -0.1) is 0 Å². The van der Waals surface area contributed by atoms with E-state index in [1.54, 1.807) is 12.3 Å². The van der Waals surface area contributed by atoms with Crippen LogP contribution >= 0.6 is 0 Å². The molecule has 20 heavy (non-hydrogen) atoms. The number of aromatic nitrogens is 2. The van der Waals surface area contributed by atoms with E-state index in [9.17, 15) is 4.79 Å². The van der Waals surface area contributed by atoms with E-state index in [2.05, 4.69) is 21.4 Å². The summed E-state index contributed by atoms with van der Waals surface area (Å²) in [6.45, 7) is 2.13. The molecule has 2 aromatic rings. The third-order valence-corrected chi connectivity index (χ3v) is 2.77. The van der Waals surface area contributed by atoms with E-state index in [-0.39, 0.29) is 5.56 Å². The van der Waals surface area contributed by atoms with Gasteiger partial charge in [-0.25, -0.2) is 9.78 Å². The second-order valence-corrected chi connectivity index (χ2v) is 4.16. The molecule has 0 unspecified atom stereocenters. The number of aromatic carboxylic acids is 1. The minimum absolute atomic E-state index is 0.175. The van der Waals surface area contributed by atoms with Crippen molar-refractivity contribution in [2.45, 2.75) is 13.5 Å². The minimum Gasteiger partial charge on any atom is -0.478 e. The van der Waals surface area contributed by atoms with Crippen LogP contribution in [0.3, 0.4) is 0 Å². The average Bonchev–Trinajstić information content (AvgIpc) is 2.45. The third-order valence-electron chi connectivity index (χ3n) is 2.77. The lowest BCUT2D eigenvalue weighted by Crippen LogP contribution is -2.07. The van der Waals surface area contributed by atoms with Crippen LogP contribution in [-0.4, -0.2) is 21.0 Å². The van der Waals surface area contributed by atoms with E-state index in [1.165, 1.54) is 18.3 Å². The molecule has 2 rings (SSSR count). The predicted octanol–water partition coefficient (Wildman–Crippen LogP) is 1.97. The summed E-state index contributed by atoms with van der Waals surface area (Å²) in [4.78, 5) is 19.1. The highest BCUT2D eigenvalue weighted by molar-refractivity contribution is 5.87. The SMILES string of the molecule is Cc1ccnc(NCc2cc(C(=O)O)ccn2)c1C#N. The number of aryl methyl sites for hydroxylation is 1. The van der Waals surface area contributed by atoms with Crippen LogP contribution in [0.5, 0.6) is 0 Å². The monoisotopic (exact) mass is 268 g/mol. The van der Waals surface area contributed by atoms with Crippen LogP contribution in [0.2, 0.25) is 0 Å². The second-order valence-electron chi connectivity index (χ2n) is 4.16. The smallest absolute Gasteiger partial charge is 0.335 e. The molecule has 0 saturated carbocycles. The first kappa shape index (κ1) is 13.5. The van der Waals surface area contributed by atoms with Crippen molar-refractivity contribution in [1.29, 1.82) is 5.26 Å². The van der Waals surface area contributed by atoms with E-state index in [0.29, 0.717) is 23.6 Å². The summed E-state index contributed by atoms with van der Waals surface area (Å²) in [6, 6.07) is 6.76. The fourth-order valence-corrected chi connectivity index (χ4v) is 1.72. The normalized spacial score (nSPS) is 9.80. The van der Waals surface area contributed by atoms with Crippen molar-refractivity contribution in [3.63, 3.8) is 0 Å². The van der Waals surface area contributed by atoms with Gasteiger partial charge in [0.25, 0.3) is 0 Å². The van der Waals surface area contributed by atoms with E-state index in [4.69, 9.17) is 10.4 Å². The standard InChI is InChI=1S/C14H12N4O2/c1-9-2-4-17-13(12(9)7-15)18-8-11-6-10(14(19)20)3-5-16-11/h2-6H,8H2,1H3,(H,17,18)(H,19,20). The predicted molar refractivity (Wildman–Crippen MR) is 72.2 cm³/mol. The van der Waals surface area contributed by atoms with Crippen LogP contribution < -0.4 is 5.32 Å². The van der Waals surface area contributed by atoms with E-state index < -0.39 is 5.97 Å². The first-order valence-electron chi connectivity index (χ1n) is 5.89. The number of nitrogens with zero attached hydrogens (tertiary/aromatic N) is 3. The van der Waals surface area contributed by atoms with E-state index in [1.807, 2.05) is 6.92 Å². The molecule has 6 heteroatoms. The zero-order chi connectivity index (χ0) is 14.5. The second kappa shape index (κ2) is 5.80. The molecular formula is C14H12N4O2. The largest absolute Gasteiger partial charge is 0.478 e. The third kappa shape index (κ3) is 2.90. The highest BCUT2D eigenvalue weighted by Gasteiger charge is 2.08. The number of pyridine rings is 2. The van der Waals surface area contributed by atoms with Crippen molar-refractivity contribution in [1.82, 2.24) is 9.97 Å². The summed E-state index contributed by atoms with van der Waals surface area (Å²) >= 11 is 0. The Morgan fingerprint density at radius 1 is 1.40 bits per heavy atom. The summed E-state index contributed by atoms with van der Waals surface area (Å²) in [5.41, 5.74) is 2.05. The maximum Gasteiger partial charge on any atom is 0.335 e. The number of anilines is 1. The fraction of sp³-hybridized carbons (Fsp3) is 0.143. The molecule has 100 valence electrons. The molecule has 0 aliphatic heterocycles. The van der Waals surface area contributed by atoms with Crippen LogP contribution in [0.25, 0.3) is 0 Å². The summed E-state index contributed by atoms with van der Waals surface area (Å²) in [5, 5.41) is 21.0. The Kier molecular flexibility index (Phi) is 3.91.